The Labute approximate surface area is 219 Å². The third-order valence-corrected chi connectivity index (χ3v) is 9.89. The maximum atomic E-state index is 11.7. The van der Waals surface area contributed by atoms with Crippen molar-refractivity contribution < 1.29 is 38.7 Å². The van der Waals surface area contributed by atoms with Crippen molar-refractivity contribution in [3.63, 3.8) is 0 Å². The fraction of sp³-hybridized carbons (Fsp3) is 0.759. The van der Waals surface area contributed by atoms with Crippen molar-refractivity contribution in [3.05, 3.63) is 23.3 Å². The van der Waals surface area contributed by atoms with Crippen LogP contribution in [-0.2, 0) is 38.7 Å². The van der Waals surface area contributed by atoms with Crippen molar-refractivity contribution in [1.29, 1.82) is 0 Å². The van der Waals surface area contributed by atoms with E-state index >= 15 is 0 Å². The molecule has 0 radical (unpaired) electrons. The van der Waals surface area contributed by atoms with E-state index in [1.54, 1.807) is 0 Å². The van der Waals surface area contributed by atoms with Crippen LogP contribution in [0.15, 0.2) is 23.3 Å². The van der Waals surface area contributed by atoms with Crippen molar-refractivity contribution >= 4 is 17.9 Å². The van der Waals surface area contributed by atoms with Gasteiger partial charge in [0.25, 0.3) is 0 Å². The molecule has 206 valence electrons. The largest absolute Gasteiger partial charge is 0.469 e. The number of esters is 1. The van der Waals surface area contributed by atoms with Crippen molar-refractivity contribution in [2.45, 2.75) is 98.2 Å². The summed E-state index contributed by atoms with van der Waals surface area (Å²) in [5.74, 6) is 0.556. The van der Waals surface area contributed by atoms with Gasteiger partial charge in [0.05, 0.1) is 7.11 Å². The van der Waals surface area contributed by atoms with Gasteiger partial charge in [-0.2, -0.15) is 9.78 Å². The fourth-order valence-electron chi connectivity index (χ4n) is 8.09. The Bertz CT molecular complexity index is 969. The molecule has 8 heteroatoms. The zero-order valence-corrected chi connectivity index (χ0v) is 23.0. The van der Waals surface area contributed by atoms with Crippen LogP contribution in [0.25, 0.3) is 0 Å². The summed E-state index contributed by atoms with van der Waals surface area (Å²) < 4.78 is 4.86. The fourth-order valence-corrected chi connectivity index (χ4v) is 8.09. The van der Waals surface area contributed by atoms with Crippen molar-refractivity contribution in [2.24, 2.45) is 34.5 Å². The first kappa shape index (κ1) is 27.8. The van der Waals surface area contributed by atoms with E-state index in [2.05, 4.69) is 32.9 Å². The highest BCUT2D eigenvalue weighted by molar-refractivity contribution is 5.69. The first-order valence-electron chi connectivity index (χ1n) is 13.6. The van der Waals surface area contributed by atoms with Crippen LogP contribution in [0.5, 0.6) is 0 Å². The molecule has 37 heavy (non-hydrogen) atoms. The minimum absolute atomic E-state index is 0.111. The SMILES string of the molecule is COC(=O)CC[C@@H](C)C1=CC[C@H]2[C@@H]3CC=C4C[C@@H](OOC(C)=O)C[C@H](OOC(C)=O)[C@]4(C)[C@H]3CC[C@]12C. The van der Waals surface area contributed by atoms with Crippen molar-refractivity contribution in [1.82, 2.24) is 0 Å². The number of rotatable bonds is 8. The van der Waals surface area contributed by atoms with Crippen LogP contribution in [0.1, 0.15) is 86.0 Å². The molecule has 4 aliphatic rings. The Morgan fingerprint density at radius 2 is 1.73 bits per heavy atom. The lowest BCUT2D eigenvalue weighted by Crippen LogP contribution is -2.56. The molecule has 2 fully saturated rings. The highest BCUT2D eigenvalue weighted by Gasteiger charge is 2.60. The zero-order valence-electron chi connectivity index (χ0n) is 23.0. The van der Waals surface area contributed by atoms with E-state index in [-0.39, 0.29) is 22.9 Å². The number of hydrogen-bond acceptors (Lipinski definition) is 8. The van der Waals surface area contributed by atoms with E-state index in [1.807, 2.05) is 0 Å². The molecule has 4 aliphatic carbocycles. The number of carbonyl (C=O) groups is 3. The second kappa shape index (κ2) is 10.9. The van der Waals surface area contributed by atoms with E-state index in [1.165, 1.54) is 32.1 Å². The minimum Gasteiger partial charge on any atom is -0.469 e. The first-order valence-corrected chi connectivity index (χ1v) is 13.6. The minimum atomic E-state index is -0.500. The molecule has 0 spiro atoms. The smallest absolute Gasteiger partial charge is 0.339 e. The molecule has 0 aromatic rings. The summed E-state index contributed by atoms with van der Waals surface area (Å²) in [6, 6.07) is 0. The monoisotopic (exact) mass is 518 g/mol. The molecule has 8 nitrogen and oxygen atoms in total. The summed E-state index contributed by atoms with van der Waals surface area (Å²) in [6.45, 7) is 9.54. The van der Waals surface area contributed by atoms with E-state index < -0.39 is 18.0 Å². The summed E-state index contributed by atoms with van der Waals surface area (Å²) in [4.78, 5) is 55.9. The van der Waals surface area contributed by atoms with Crippen molar-refractivity contribution in [2.75, 3.05) is 7.11 Å². The van der Waals surface area contributed by atoms with Gasteiger partial charge in [-0.05, 0) is 67.6 Å². The van der Waals surface area contributed by atoms with Gasteiger partial charge >= 0.3 is 17.9 Å². The van der Waals surface area contributed by atoms with E-state index in [9.17, 15) is 14.4 Å². The lowest BCUT2D eigenvalue weighted by atomic mass is 9.46. The summed E-state index contributed by atoms with van der Waals surface area (Å²) >= 11 is 0. The Kier molecular flexibility index (Phi) is 8.19. The number of carbonyl (C=O) groups excluding carboxylic acids is 3. The molecule has 0 saturated heterocycles. The van der Waals surface area contributed by atoms with Gasteiger partial charge in [-0.3, -0.25) is 14.6 Å². The van der Waals surface area contributed by atoms with Crippen LogP contribution in [-0.4, -0.2) is 37.2 Å². The molecule has 0 bridgehead atoms. The van der Waals surface area contributed by atoms with Gasteiger partial charge < -0.3 is 4.74 Å². The molecule has 0 aromatic carbocycles. The quantitative estimate of drug-likeness (QED) is 0.182. The van der Waals surface area contributed by atoms with Gasteiger partial charge in [-0.15, -0.1) is 0 Å². The third-order valence-electron chi connectivity index (χ3n) is 9.89. The molecule has 8 atom stereocenters. The topological polar surface area (TPSA) is 97.4 Å². The predicted octanol–water partition coefficient (Wildman–Crippen LogP) is 5.41. The molecule has 0 heterocycles. The number of hydrogen-bond donors (Lipinski definition) is 0. The highest BCUT2D eigenvalue weighted by Crippen LogP contribution is 2.66. The van der Waals surface area contributed by atoms with Crippen LogP contribution >= 0.6 is 0 Å². The molecular formula is C29H42O8. The Hall–Kier alpha value is -2.19. The van der Waals surface area contributed by atoms with Crippen molar-refractivity contribution in [3.8, 4) is 0 Å². The molecular weight excluding hydrogens is 476 g/mol. The van der Waals surface area contributed by atoms with Gasteiger partial charge in [0, 0.05) is 32.1 Å². The van der Waals surface area contributed by atoms with Gasteiger partial charge in [0.1, 0.15) is 12.2 Å². The molecule has 0 aromatic heterocycles. The highest BCUT2D eigenvalue weighted by atomic mass is 17.2. The maximum absolute atomic E-state index is 11.7. The Balaban J connectivity index is 1.56. The van der Waals surface area contributed by atoms with Gasteiger partial charge in [0.15, 0.2) is 0 Å². The molecule has 0 amide bonds. The van der Waals surface area contributed by atoms with Crippen LogP contribution < -0.4 is 0 Å². The van der Waals surface area contributed by atoms with Crippen LogP contribution in [0.4, 0.5) is 0 Å². The number of methoxy groups -OCH3 is 1. The zero-order chi connectivity index (χ0) is 27.0. The average molecular weight is 519 g/mol. The van der Waals surface area contributed by atoms with E-state index in [0.29, 0.717) is 42.9 Å². The lowest BCUT2D eigenvalue weighted by Gasteiger charge is -2.59. The standard InChI is InChI=1S/C29H42O8/c1-17(7-12-27(32)33-6)23-10-11-24-22-9-8-20-15-21(36-34-18(2)30)16-26(37-35-19(3)31)29(20,5)25(22)13-14-28(23,24)4/h8,10,17,21-22,24-26H,7,9,11-16H2,1-6H3/t17-,21-,22+,24+,25+,26+,28-,29+/m1/s1. The predicted molar refractivity (Wildman–Crippen MR) is 134 cm³/mol. The molecule has 0 aliphatic heterocycles. The summed E-state index contributed by atoms with van der Waals surface area (Å²) in [5, 5.41) is 0. The van der Waals surface area contributed by atoms with Gasteiger partial charge in [-0.25, -0.2) is 9.59 Å². The van der Waals surface area contributed by atoms with Gasteiger partial charge in [-0.1, -0.05) is 44.1 Å². The summed E-state index contributed by atoms with van der Waals surface area (Å²) in [5.41, 5.74) is 2.52. The van der Waals surface area contributed by atoms with Crippen LogP contribution in [0, 0.1) is 34.5 Å². The normalized spacial score (nSPS) is 37.2. The third kappa shape index (κ3) is 5.24. The van der Waals surface area contributed by atoms with Crippen LogP contribution in [0.2, 0.25) is 0 Å². The molecule has 0 unspecified atom stereocenters. The Morgan fingerprint density at radius 3 is 2.41 bits per heavy atom. The summed E-state index contributed by atoms with van der Waals surface area (Å²) in [6.07, 6.45) is 10.5. The second-order valence-electron chi connectivity index (χ2n) is 11.9. The lowest BCUT2D eigenvalue weighted by molar-refractivity contribution is -0.347. The van der Waals surface area contributed by atoms with E-state index in [0.717, 1.165) is 32.1 Å². The first-order chi connectivity index (χ1) is 17.5. The Morgan fingerprint density at radius 1 is 1.03 bits per heavy atom. The molecule has 0 N–H and O–H groups in total. The molecule has 4 rings (SSSR count). The van der Waals surface area contributed by atoms with Crippen LogP contribution in [0.3, 0.4) is 0 Å². The summed E-state index contributed by atoms with van der Waals surface area (Å²) in [7, 11) is 1.44. The number of ether oxygens (including phenoxy) is 1. The number of fused-ring (bicyclic) bond motifs is 5. The molecule has 2 saturated carbocycles. The number of allylic oxidation sites excluding steroid dienone is 3. The maximum Gasteiger partial charge on any atom is 0.339 e. The van der Waals surface area contributed by atoms with Gasteiger partial charge in [0.2, 0.25) is 0 Å². The second-order valence-corrected chi connectivity index (χ2v) is 11.9. The average Bonchev–Trinajstić information content (AvgIpc) is 3.21. The van der Waals surface area contributed by atoms with E-state index in [4.69, 9.17) is 24.3 Å².